The number of amides is 2. The quantitative estimate of drug-likeness (QED) is 0.673. The van der Waals surface area contributed by atoms with Crippen molar-refractivity contribution in [2.45, 2.75) is 83.3 Å². The summed E-state index contributed by atoms with van der Waals surface area (Å²) in [5, 5.41) is 2.79. The van der Waals surface area contributed by atoms with Gasteiger partial charge in [-0.1, -0.05) is 38.5 Å². The Bertz CT molecular complexity index is 353. The lowest BCUT2D eigenvalue weighted by atomic mass is 9.90. The molecule has 0 heterocycles. The molecule has 3 N–H and O–H groups in total. The highest BCUT2D eigenvalue weighted by atomic mass is 16.5. The Kier molecular flexibility index (Phi) is 8.89. The predicted molar refractivity (Wildman–Crippen MR) is 95.9 cm³/mol. The molecule has 2 aliphatic carbocycles. The predicted octanol–water partition coefficient (Wildman–Crippen LogP) is 3.61. The van der Waals surface area contributed by atoms with Gasteiger partial charge in [-0.2, -0.15) is 0 Å². The van der Waals surface area contributed by atoms with Gasteiger partial charge in [0.15, 0.2) is 0 Å². The minimum absolute atomic E-state index is 0.0780. The smallest absolute Gasteiger partial charge is 0.312 e. The van der Waals surface area contributed by atoms with Crippen LogP contribution >= 0.6 is 0 Å². The van der Waals surface area contributed by atoms with E-state index >= 15 is 0 Å². The van der Waals surface area contributed by atoms with Crippen LogP contribution in [0.1, 0.15) is 71.1 Å². The van der Waals surface area contributed by atoms with Crippen LogP contribution in [0.4, 0.5) is 4.79 Å². The zero-order valence-corrected chi connectivity index (χ0v) is 15.3. The normalized spacial score (nSPS) is 22.9. The maximum absolute atomic E-state index is 11.3. The van der Waals surface area contributed by atoms with E-state index in [4.69, 9.17) is 15.2 Å². The molecule has 2 unspecified atom stereocenters. The number of nitrogens with one attached hydrogen (secondary N) is 1. The lowest BCUT2D eigenvalue weighted by Gasteiger charge is -2.29. The van der Waals surface area contributed by atoms with E-state index in [-0.39, 0.29) is 12.1 Å². The molecule has 0 aromatic carbocycles. The Balaban J connectivity index is 1.69. The fourth-order valence-electron chi connectivity index (χ4n) is 3.95. The molecular formula is C19H36N2O3. The SMILES string of the molecule is CC(OCC1CCCCC1)C(COCC1CCCCC1)NC(N)=O. The van der Waals surface area contributed by atoms with Crippen molar-refractivity contribution in [1.82, 2.24) is 5.32 Å². The minimum atomic E-state index is -0.505. The van der Waals surface area contributed by atoms with Crippen LogP contribution in [0, 0.1) is 11.8 Å². The summed E-state index contributed by atoms with van der Waals surface area (Å²) in [6.45, 7) is 4.05. The highest BCUT2D eigenvalue weighted by Gasteiger charge is 2.23. The topological polar surface area (TPSA) is 73.6 Å². The molecule has 2 fully saturated rings. The van der Waals surface area contributed by atoms with Crippen molar-refractivity contribution in [3.63, 3.8) is 0 Å². The molecule has 24 heavy (non-hydrogen) atoms. The number of carbonyl (C=O) groups is 1. The third kappa shape index (κ3) is 7.39. The van der Waals surface area contributed by atoms with Crippen molar-refractivity contribution in [2.75, 3.05) is 19.8 Å². The zero-order valence-electron chi connectivity index (χ0n) is 15.3. The van der Waals surface area contributed by atoms with Gasteiger partial charge in [-0.15, -0.1) is 0 Å². The number of hydrogen-bond donors (Lipinski definition) is 2. The summed E-state index contributed by atoms with van der Waals surface area (Å²) in [6.07, 6.45) is 13.0. The Morgan fingerprint density at radius 2 is 1.54 bits per heavy atom. The minimum Gasteiger partial charge on any atom is -0.379 e. The molecule has 2 atom stereocenters. The summed E-state index contributed by atoms with van der Waals surface area (Å²) < 4.78 is 11.9. The van der Waals surface area contributed by atoms with Gasteiger partial charge >= 0.3 is 6.03 Å². The average Bonchev–Trinajstić information content (AvgIpc) is 2.60. The molecule has 2 aliphatic rings. The van der Waals surface area contributed by atoms with E-state index in [2.05, 4.69) is 5.32 Å². The molecule has 5 nitrogen and oxygen atoms in total. The molecule has 2 amide bonds. The van der Waals surface area contributed by atoms with Crippen LogP contribution in [0.15, 0.2) is 0 Å². The standard InChI is InChI=1S/C19H36N2O3/c1-15(24-13-17-10-6-3-7-11-17)18(21-19(20)22)14-23-12-16-8-4-2-5-9-16/h15-18H,2-14H2,1H3,(H3,20,21,22). The number of carbonyl (C=O) groups excluding carboxylic acids is 1. The van der Waals surface area contributed by atoms with Gasteiger partial charge in [0.25, 0.3) is 0 Å². The van der Waals surface area contributed by atoms with Gasteiger partial charge < -0.3 is 20.5 Å². The molecule has 0 aliphatic heterocycles. The molecule has 0 spiro atoms. The summed E-state index contributed by atoms with van der Waals surface area (Å²) in [5.74, 6) is 1.34. The summed E-state index contributed by atoms with van der Waals surface area (Å²) >= 11 is 0. The Hall–Kier alpha value is -0.810. The summed E-state index contributed by atoms with van der Waals surface area (Å²) in [6, 6.07) is -0.677. The highest BCUT2D eigenvalue weighted by Crippen LogP contribution is 2.25. The highest BCUT2D eigenvalue weighted by molar-refractivity contribution is 5.72. The number of urea groups is 1. The number of hydrogen-bond acceptors (Lipinski definition) is 3. The van der Waals surface area contributed by atoms with Crippen LogP contribution in [0.2, 0.25) is 0 Å². The Morgan fingerprint density at radius 1 is 1.00 bits per heavy atom. The lowest BCUT2D eigenvalue weighted by molar-refractivity contribution is -0.0170. The second kappa shape index (κ2) is 10.9. The molecular weight excluding hydrogens is 304 g/mol. The fourth-order valence-corrected chi connectivity index (χ4v) is 3.95. The van der Waals surface area contributed by atoms with Crippen LogP contribution in [-0.2, 0) is 9.47 Å². The lowest BCUT2D eigenvalue weighted by Crippen LogP contribution is -2.49. The van der Waals surface area contributed by atoms with Crippen LogP contribution in [0.3, 0.4) is 0 Å². The van der Waals surface area contributed by atoms with Crippen molar-refractivity contribution in [3.8, 4) is 0 Å². The van der Waals surface area contributed by atoms with Crippen LogP contribution in [0.25, 0.3) is 0 Å². The van der Waals surface area contributed by atoms with E-state index in [1.807, 2.05) is 6.92 Å². The van der Waals surface area contributed by atoms with E-state index < -0.39 is 6.03 Å². The second-order valence-corrected chi connectivity index (χ2v) is 7.70. The van der Waals surface area contributed by atoms with Gasteiger partial charge in [0.05, 0.1) is 18.8 Å². The number of nitrogens with two attached hydrogens (primary N) is 1. The number of ether oxygens (including phenoxy) is 2. The molecule has 0 radical (unpaired) electrons. The molecule has 0 aromatic rings. The van der Waals surface area contributed by atoms with E-state index in [9.17, 15) is 4.79 Å². The van der Waals surface area contributed by atoms with E-state index in [1.165, 1.54) is 64.2 Å². The average molecular weight is 341 g/mol. The van der Waals surface area contributed by atoms with E-state index in [1.54, 1.807) is 0 Å². The first kappa shape index (κ1) is 19.5. The van der Waals surface area contributed by atoms with E-state index in [0.717, 1.165) is 13.2 Å². The van der Waals surface area contributed by atoms with Crippen molar-refractivity contribution in [2.24, 2.45) is 17.6 Å². The largest absolute Gasteiger partial charge is 0.379 e. The van der Waals surface area contributed by atoms with Gasteiger partial charge in [-0.05, 0) is 44.4 Å². The van der Waals surface area contributed by atoms with Crippen molar-refractivity contribution in [3.05, 3.63) is 0 Å². The Labute approximate surface area is 147 Å². The van der Waals surface area contributed by atoms with Crippen molar-refractivity contribution >= 4 is 6.03 Å². The molecule has 0 aromatic heterocycles. The molecule has 140 valence electrons. The molecule has 5 heteroatoms. The fraction of sp³-hybridized carbons (Fsp3) is 0.947. The second-order valence-electron chi connectivity index (χ2n) is 7.70. The van der Waals surface area contributed by atoms with Gasteiger partial charge in [-0.3, -0.25) is 0 Å². The third-order valence-electron chi connectivity index (χ3n) is 5.59. The van der Waals surface area contributed by atoms with Crippen LogP contribution in [-0.4, -0.2) is 38.0 Å². The zero-order chi connectivity index (χ0) is 17.2. The first-order valence-electron chi connectivity index (χ1n) is 9.90. The molecule has 2 saturated carbocycles. The van der Waals surface area contributed by atoms with Crippen LogP contribution in [0.5, 0.6) is 0 Å². The maximum atomic E-state index is 11.3. The first-order valence-corrected chi connectivity index (χ1v) is 9.90. The molecule has 2 rings (SSSR count). The number of primary amides is 1. The van der Waals surface area contributed by atoms with Gasteiger partial charge in [0, 0.05) is 13.2 Å². The third-order valence-corrected chi connectivity index (χ3v) is 5.59. The molecule has 0 saturated heterocycles. The number of rotatable bonds is 9. The monoisotopic (exact) mass is 340 g/mol. The van der Waals surface area contributed by atoms with Gasteiger partial charge in [0.1, 0.15) is 0 Å². The van der Waals surface area contributed by atoms with Gasteiger partial charge in [-0.25, -0.2) is 4.79 Å². The maximum Gasteiger partial charge on any atom is 0.312 e. The van der Waals surface area contributed by atoms with Crippen molar-refractivity contribution in [1.29, 1.82) is 0 Å². The molecule has 0 bridgehead atoms. The summed E-state index contributed by atoms with van der Waals surface area (Å²) in [4.78, 5) is 11.3. The first-order chi connectivity index (χ1) is 11.6. The summed E-state index contributed by atoms with van der Waals surface area (Å²) in [7, 11) is 0. The van der Waals surface area contributed by atoms with Gasteiger partial charge in [0.2, 0.25) is 0 Å². The van der Waals surface area contributed by atoms with E-state index in [0.29, 0.717) is 18.4 Å². The van der Waals surface area contributed by atoms with Crippen molar-refractivity contribution < 1.29 is 14.3 Å². The van der Waals surface area contributed by atoms with Crippen LogP contribution < -0.4 is 11.1 Å². The Morgan fingerprint density at radius 3 is 2.08 bits per heavy atom. The summed E-state index contributed by atoms with van der Waals surface area (Å²) in [5.41, 5.74) is 5.32.